The van der Waals surface area contributed by atoms with E-state index in [2.05, 4.69) is 27.7 Å². The van der Waals surface area contributed by atoms with Crippen LogP contribution in [-0.2, 0) is 37.9 Å². The van der Waals surface area contributed by atoms with E-state index in [1.807, 2.05) is 0 Å². The molecule has 9 fully saturated rings. The number of hydrogen-bond donors (Lipinski definition) is 9. The second-order valence-corrected chi connectivity index (χ2v) is 21.5. The Morgan fingerprint density at radius 2 is 1.24 bits per heavy atom. The number of aliphatic hydroxyl groups is 9. The van der Waals surface area contributed by atoms with Crippen LogP contribution in [0.1, 0.15) is 98.8 Å². The number of aliphatic hydroxyl groups excluding tert-OH is 9. The van der Waals surface area contributed by atoms with Crippen molar-refractivity contribution in [1.29, 1.82) is 0 Å². The highest BCUT2D eigenvalue weighted by Crippen LogP contribution is 2.71. The van der Waals surface area contributed by atoms with Gasteiger partial charge in [0.2, 0.25) is 0 Å². The van der Waals surface area contributed by atoms with Gasteiger partial charge in [0.05, 0.1) is 38.1 Å². The molecule has 0 aromatic heterocycles. The van der Waals surface area contributed by atoms with Crippen molar-refractivity contribution < 1.29 is 83.9 Å². The average molecular weight is 887 g/mol. The standard InChI is InChI=1S/C45H74O17/c1-19-8-13-45(55-18-19)20(2)30-27(62-45)15-26-24-7-6-22-14-23(9-11-43(22,4)25(24)10-12-44(26,30)5)57-42-39(61-41-36(53)34(51)32(49)28(16-46)58-41)37(54)38(29(17-47)59-42)60-40-35(52)33(50)31(48)21(3)56-40/h19-42,46-54H,6-18H2,1-5H3/t19-,20-,21+,22+,23-,24-,25+,26+,27-,28+,29+,30-,31+,32+,33-,34-,35+,36+,37-,38+,39+,40-,41-,42+,43-,44-,45-/m1/s1. The minimum absolute atomic E-state index is 0.0972. The zero-order chi connectivity index (χ0) is 44.2. The molecule has 17 heteroatoms. The van der Waals surface area contributed by atoms with Gasteiger partial charge < -0.3 is 83.9 Å². The summed E-state index contributed by atoms with van der Waals surface area (Å²) in [5.74, 6) is 3.15. The molecule has 9 rings (SSSR count). The van der Waals surface area contributed by atoms with Gasteiger partial charge in [-0.25, -0.2) is 0 Å². The Kier molecular flexibility index (Phi) is 13.1. The van der Waals surface area contributed by atoms with Gasteiger partial charge in [0.25, 0.3) is 0 Å². The van der Waals surface area contributed by atoms with Gasteiger partial charge in [0.1, 0.15) is 67.1 Å². The molecule has 4 aliphatic carbocycles. The Bertz CT molecular complexity index is 1550. The third-order valence-corrected chi connectivity index (χ3v) is 18.2. The van der Waals surface area contributed by atoms with Crippen LogP contribution in [-0.4, -0.2) is 176 Å². The third kappa shape index (κ3) is 7.56. The van der Waals surface area contributed by atoms with Crippen LogP contribution in [0, 0.1) is 52.3 Å². The van der Waals surface area contributed by atoms with Crippen LogP contribution in [0.5, 0.6) is 0 Å². The molecule has 0 aromatic rings. The van der Waals surface area contributed by atoms with Crippen molar-refractivity contribution >= 4 is 0 Å². The highest BCUT2D eigenvalue weighted by molar-refractivity contribution is 5.15. The van der Waals surface area contributed by atoms with Crippen molar-refractivity contribution in [2.45, 2.75) is 209 Å². The molecule has 17 nitrogen and oxygen atoms in total. The topological polar surface area (TPSA) is 256 Å². The minimum Gasteiger partial charge on any atom is -0.394 e. The van der Waals surface area contributed by atoms with E-state index < -0.39 is 111 Å². The van der Waals surface area contributed by atoms with Crippen molar-refractivity contribution in [2.24, 2.45) is 52.3 Å². The zero-order valence-corrected chi connectivity index (χ0v) is 36.8. The Morgan fingerprint density at radius 1 is 0.581 bits per heavy atom. The first-order valence-corrected chi connectivity index (χ1v) is 23.7. The monoisotopic (exact) mass is 886 g/mol. The second kappa shape index (κ2) is 17.4. The van der Waals surface area contributed by atoms with Crippen LogP contribution in [0.4, 0.5) is 0 Å². The molecule has 5 aliphatic heterocycles. The van der Waals surface area contributed by atoms with Crippen molar-refractivity contribution in [3.63, 3.8) is 0 Å². The summed E-state index contributed by atoms with van der Waals surface area (Å²) in [4.78, 5) is 0. The minimum atomic E-state index is -1.81. The lowest BCUT2D eigenvalue weighted by atomic mass is 9.44. The van der Waals surface area contributed by atoms with Gasteiger partial charge in [-0.3, -0.25) is 0 Å². The Morgan fingerprint density at radius 3 is 1.94 bits per heavy atom. The molecule has 356 valence electrons. The molecule has 27 atom stereocenters. The molecular formula is C45H74O17. The van der Waals surface area contributed by atoms with Crippen LogP contribution in [0.3, 0.4) is 0 Å². The largest absolute Gasteiger partial charge is 0.394 e. The lowest BCUT2D eigenvalue weighted by Crippen LogP contribution is -2.67. The van der Waals surface area contributed by atoms with Crippen molar-refractivity contribution in [3.05, 3.63) is 0 Å². The fraction of sp³-hybridized carbons (Fsp3) is 1.00. The van der Waals surface area contributed by atoms with E-state index >= 15 is 0 Å². The number of hydrogen-bond acceptors (Lipinski definition) is 17. The molecule has 5 heterocycles. The van der Waals surface area contributed by atoms with Crippen molar-refractivity contribution in [2.75, 3.05) is 19.8 Å². The van der Waals surface area contributed by atoms with Crippen LogP contribution >= 0.6 is 0 Å². The molecule has 0 radical (unpaired) electrons. The first-order valence-electron chi connectivity index (χ1n) is 23.7. The number of fused-ring (bicyclic) bond motifs is 7. The smallest absolute Gasteiger partial charge is 0.187 e. The van der Waals surface area contributed by atoms with Crippen molar-refractivity contribution in [1.82, 2.24) is 0 Å². The summed E-state index contributed by atoms with van der Waals surface area (Å²) in [6, 6.07) is 0. The number of ether oxygens (including phenoxy) is 8. The van der Waals surface area contributed by atoms with E-state index in [1.54, 1.807) is 0 Å². The maximum absolute atomic E-state index is 12.0. The Labute approximate surface area is 364 Å². The van der Waals surface area contributed by atoms with E-state index in [9.17, 15) is 46.0 Å². The molecule has 9 aliphatic rings. The van der Waals surface area contributed by atoms with E-state index in [-0.39, 0.29) is 23.0 Å². The summed E-state index contributed by atoms with van der Waals surface area (Å²) in [6.07, 6.45) is -12.7. The highest BCUT2D eigenvalue weighted by Gasteiger charge is 2.69. The van der Waals surface area contributed by atoms with Gasteiger partial charge in [-0.1, -0.05) is 27.7 Å². The first kappa shape index (κ1) is 46.4. The van der Waals surface area contributed by atoms with Gasteiger partial charge in [0.15, 0.2) is 24.7 Å². The zero-order valence-electron chi connectivity index (χ0n) is 36.8. The second-order valence-electron chi connectivity index (χ2n) is 21.5. The van der Waals surface area contributed by atoms with E-state index in [0.717, 1.165) is 51.6 Å². The van der Waals surface area contributed by atoms with Gasteiger partial charge in [-0.2, -0.15) is 0 Å². The van der Waals surface area contributed by atoms with E-state index in [4.69, 9.17) is 37.9 Å². The Balaban J connectivity index is 0.902. The summed E-state index contributed by atoms with van der Waals surface area (Å²) >= 11 is 0. The normalized spacial score (nSPS) is 58.9. The summed E-state index contributed by atoms with van der Waals surface area (Å²) in [7, 11) is 0. The van der Waals surface area contributed by atoms with Gasteiger partial charge >= 0.3 is 0 Å². The number of rotatable bonds is 8. The lowest BCUT2D eigenvalue weighted by molar-refractivity contribution is -0.391. The van der Waals surface area contributed by atoms with Crippen LogP contribution in [0.2, 0.25) is 0 Å². The van der Waals surface area contributed by atoms with Crippen molar-refractivity contribution in [3.8, 4) is 0 Å². The first-order chi connectivity index (χ1) is 29.4. The molecule has 9 N–H and O–H groups in total. The van der Waals surface area contributed by atoms with Crippen LogP contribution < -0.4 is 0 Å². The highest BCUT2D eigenvalue weighted by atomic mass is 16.8. The third-order valence-electron chi connectivity index (χ3n) is 18.2. The van der Waals surface area contributed by atoms with Crippen LogP contribution in [0.25, 0.3) is 0 Å². The molecule has 5 saturated heterocycles. The summed E-state index contributed by atoms with van der Waals surface area (Å²) in [6.45, 7) is 10.6. The van der Waals surface area contributed by atoms with Gasteiger partial charge in [-0.05, 0) is 111 Å². The SMILES string of the molecule is C[C@@H]1CC[C@@]2(OC1)O[C@@H]1C[C@H]3[C@@H]4CC[C@H]5C[C@H](O[C@H]6O[C@@H](CO)[C@H](O[C@H]7O[C@@H](C)[C@H](O)[C@@H](O)[C@@H]7O)[C@@H](O)[C@@H]6O[C@H]6O[C@@H](CO)[C@H](O)[C@@H](O)[C@@H]6O)CC[C@@]5(C)[C@H]4CC[C@@]3(C)[C@@H]1[C@H]2C. The molecular weight excluding hydrogens is 812 g/mol. The van der Waals surface area contributed by atoms with Gasteiger partial charge in [0, 0.05) is 12.3 Å². The predicted octanol–water partition coefficient (Wildman–Crippen LogP) is 0.294. The van der Waals surface area contributed by atoms with Gasteiger partial charge in [-0.15, -0.1) is 0 Å². The quantitative estimate of drug-likeness (QED) is 0.149. The molecule has 0 amide bonds. The maximum atomic E-state index is 12.0. The fourth-order valence-corrected chi connectivity index (χ4v) is 14.6. The summed E-state index contributed by atoms with van der Waals surface area (Å²) in [5.41, 5.74) is 0.311. The van der Waals surface area contributed by atoms with E-state index in [1.165, 1.54) is 19.8 Å². The molecule has 62 heavy (non-hydrogen) atoms. The summed E-state index contributed by atoms with van der Waals surface area (Å²) in [5, 5.41) is 95.9. The maximum Gasteiger partial charge on any atom is 0.187 e. The summed E-state index contributed by atoms with van der Waals surface area (Å²) < 4.78 is 50.0. The molecule has 4 saturated carbocycles. The molecule has 0 aromatic carbocycles. The molecule has 0 unspecified atom stereocenters. The molecule has 1 spiro atoms. The van der Waals surface area contributed by atoms with E-state index in [0.29, 0.717) is 47.8 Å². The predicted molar refractivity (Wildman–Crippen MR) is 214 cm³/mol. The molecule has 0 bridgehead atoms. The lowest BCUT2D eigenvalue weighted by Gasteiger charge is -2.61. The van der Waals surface area contributed by atoms with Crippen LogP contribution in [0.15, 0.2) is 0 Å². The average Bonchev–Trinajstić information content (AvgIpc) is 3.70. The Hall–Kier alpha value is -0.680. The fourth-order valence-electron chi connectivity index (χ4n) is 14.6.